The molecule has 1 aromatic heterocycles. The largest absolute Gasteiger partial charge is 0.465 e. The number of esters is 1. The molecule has 1 amide bonds. The monoisotopic (exact) mass is 366 g/mol. The third-order valence-corrected chi connectivity index (χ3v) is 4.75. The first-order valence-electron chi connectivity index (χ1n) is 8.04. The standard InChI is InChI=1S/C20H18N2O3S/c1-13-11-19(22-17-6-4-3-5-16(13)17)26-12-18(23)21-15-9-7-14(8-10-15)20(24)25-2/h3-11H,12H2,1-2H3,(H,21,23). The minimum absolute atomic E-state index is 0.131. The molecule has 0 saturated carbocycles. The van der Waals surface area contributed by atoms with E-state index < -0.39 is 5.97 Å². The summed E-state index contributed by atoms with van der Waals surface area (Å²) in [4.78, 5) is 28.2. The summed E-state index contributed by atoms with van der Waals surface area (Å²) in [5.74, 6) is -0.284. The average Bonchev–Trinajstić information content (AvgIpc) is 2.66. The molecule has 132 valence electrons. The number of hydrogen-bond donors (Lipinski definition) is 1. The number of rotatable bonds is 5. The van der Waals surface area contributed by atoms with Gasteiger partial charge in [-0.3, -0.25) is 4.79 Å². The Bertz CT molecular complexity index is 955. The van der Waals surface area contributed by atoms with Crippen LogP contribution in [0.25, 0.3) is 10.9 Å². The normalized spacial score (nSPS) is 10.5. The van der Waals surface area contributed by atoms with E-state index in [4.69, 9.17) is 0 Å². The fourth-order valence-electron chi connectivity index (χ4n) is 2.54. The van der Waals surface area contributed by atoms with Gasteiger partial charge in [0, 0.05) is 11.1 Å². The number of aromatic nitrogens is 1. The van der Waals surface area contributed by atoms with Gasteiger partial charge in [-0.05, 0) is 48.9 Å². The number of nitrogens with one attached hydrogen (secondary N) is 1. The Labute approximate surface area is 155 Å². The van der Waals surface area contributed by atoms with Gasteiger partial charge < -0.3 is 10.1 Å². The molecule has 0 aliphatic carbocycles. The highest BCUT2D eigenvalue weighted by Gasteiger charge is 2.08. The second-order valence-electron chi connectivity index (χ2n) is 5.70. The van der Waals surface area contributed by atoms with Gasteiger partial charge in [-0.1, -0.05) is 30.0 Å². The van der Waals surface area contributed by atoms with Gasteiger partial charge >= 0.3 is 5.97 Å². The summed E-state index contributed by atoms with van der Waals surface area (Å²) in [6.45, 7) is 2.04. The number of carbonyl (C=O) groups is 2. The number of nitrogens with zero attached hydrogens (tertiary/aromatic N) is 1. The van der Waals surface area contributed by atoms with E-state index in [1.165, 1.54) is 18.9 Å². The summed E-state index contributed by atoms with van der Waals surface area (Å²) in [5, 5.41) is 4.74. The predicted octanol–water partition coefficient (Wildman–Crippen LogP) is 4.06. The van der Waals surface area contributed by atoms with Crippen LogP contribution in [0.5, 0.6) is 0 Å². The van der Waals surface area contributed by atoms with Crippen molar-refractivity contribution in [1.29, 1.82) is 0 Å². The van der Waals surface area contributed by atoms with Gasteiger partial charge in [-0.15, -0.1) is 0 Å². The number of pyridine rings is 1. The van der Waals surface area contributed by atoms with Crippen LogP contribution in [0.4, 0.5) is 5.69 Å². The van der Waals surface area contributed by atoms with Crippen molar-refractivity contribution in [3.05, 3.63) is 65.7 Å². The number of fused-ring (bicyclic) bond motifs is 1. The number of amides is 1. The van der Waals surface area contributed by atoms with Gasteiger partial charge in [0.25, 0.3) is 0 Å². The molecule has 0 atom stereocenters. The van der Waals surface area contributed by atoms with E-state index in [1.54, 1.807) is 24.3 Å². The van der Waals surface area contributed by atoms with Gasteiger partial charge in [0.05, 0.1) is 29.0 Å². The van der Waals surface area contributed by atoms with Crippen molar-refractivity contribution >= 4 is 40.2 Å². The molecule has 2 aromatic carbocycles. The van der Waals surface area contributed by atoms with E-state index in [9.17, 15) is 9.59 Å². The summed E-state index contributed by atoms with van der Waals surface area (Å²) >= 11 is 1.39. The summed E-state index contributed by atoms with van der Waals surface area (Å²) in [6.07, 6.45) is 0. The molecule has 0 unspecified atom stereocenters. The lowest BCUT2D eigenvalue weighted by Crippen LogP contribution is -2.14. The molecule has 3 aromatic rings. The highest BCUT2D eigenvalue weighted by molar-refractivity contribution is 7.99. The quantitative estimate of drug-likeness (QED) is 0.545. The maximum absolute atomic E-state index is 12.2. The van der Waals surface area contributed by atoms with Crippen molar-refractivity contribution in [2.24, 2.45) is 0 Å². The Kier molecular flexibility index (Phi) is 5.53. The molecule has 26 heavy (non-hydrogen) atoms. The van der Waals surface area contributed by atoms with Gasteiger partial charge in [0.2, 0.25) is 5.91 Å². The van der Waals surface area contributed by atoms with Crippen molar-refractivity contribution in [2.45, 2.75) is 11.9 Å². The van der Waals surface area contributed by atoms with E-state index in [-0.39, 0.29) is 11.7 Å². The Morgan fingerprint density at radius 3 is 2.58 bits per heavy atom. The first-order chi connectivity index (χ1) is 12.6. The zero-order valence-corrected chi connectivity index (χ0v) is 15.3. The smallest absolute Gasteiger partial charge is 0.337 e. The first kappa shape index (κ1) is 17.9. The molecule has 0 spiro atoms. The minimum atomic E-state index is -0.406. The lowest BCUT2D eigenvalue weighted by Gasteiger charge is -2.07. The lowest BCUT2D eigenvalue weighted by molar-refractivity contribution is -0.113. The molecular weight excluding hydrogens is 348 g/mol. The van der Waals surface area contributed by atoms with Crippen LogP contribution in [0.1, 0.15) is 15.9 Å². The lowest BCUT2D eigenvalue weighted by atomic mass is 10.1. The van der Waals surface area contributed by atoms with Crippen LogP contribution < -0.4 is 5.32 Å². The third-order valence-electron chi connectivity index (χ3n) is 3.84. The van der Waals surface area contributed by atoms with Gasteiger partial charge in [-0.25, -0.2) is 9.78 Å². The number of aryl methyl sites for hydroxylation is 1. The first-order valence-corrected chi connectivity index (χ1v) is 9.03. The molecular formula is C20H18N2O3S. The number of carbonyl (C=O) groups excluding carboxylic acids is 2. The van der Waals surface area contributed by atoms with Crippen molar-refractivity contribution in [2.75, 3.05) is 18.2 Å². The van der Waals surface area contributed by atoms with Crippen LogP contribution in [0, 0.1) is 6.92 Å². The number of methoxy groups -OCH3 is 1. The van der Waals surface area contributed by atoms with Crippen LogP contribution in [-0.2, 0) is 9.53 Å². The maximum atomic E-state index is 12.2. The number of hydrogen-bond acceptors (Lipinski definition) is 5. The summed E-state index contributed by atoms with van der Waals surface area (Å²) in [5.41, 5.74) is 3.13. The van der Waals surface area contributed by atoms with Gasteiger partial charge in [0.15, 0.2) is 0 Å². The van der Waals surface area contributed by atoms with E-state index in [1.807, 2.05) is 37.3 Å². The maximum Gasteiger partial charge on any atom is 0.337 e. The van der Waals surface area contributed by atoms with E-state index >= 15 is 0 Å². The molecule has 0 bridgehead atoms. The molecule has 6 heteroatoms. The Morgan fingerprint density at radius 1 is 1.12 bits per heavy atom. The molecule has 3 rings (SSSR count). The summed E-state index contributed by atoms with van der Waals surface area (Å²) in [6, 6.07) is 16.5. The highest BCUT2D eigenvalue weighted by Crippen LogP contribution is 2.23. The second-order valence-corrected chi connectivity index (χ2v) is 6.70. The fourth-order valence-corrected chi connectivity index (χ4v) is 3.31. The molecule has 0 fully saturated rings. The van der Waals surface area contributed by atoms with Crippen molar-refractivity contribution in [1.82, 2.24) is 4.98 Å². The van der Waals surface area contributed by atoms with E-state index in [0.29, 0.717) is 11.3 Å². The summed E-state index contributed by atoms with van der Waals surface area (Å²) < 4.78 is 4.65. The van der Waals surface area contributed by atoms with Gasteiger partial charge in [-0.2, -0.15) is 0 Å². The molecule has 0 saturated heterocycles. The topological polar surface area (TPSA) is 68.3 Å². The van der Waals surface area contributed by atoms with Crippen LogP contribution in [0.2, 0.25) is 0 Å². The molecule has 1 heterocycles. The zero-order valence-electron chi connectivity index (χ0n) is 14.5. The van der Waals surface area contributed by atoms with E-state index in [0.717, 1.165) is 21.5 Å². The van der Waals surface area contributed by atoms with Crippen molar-refractivity contribution in [3.63, 3.8) is 0 Å². The molecule has 0 aliphatic rings. The fraction of sp³-hybridized carbons (Fsp3) is 0.150. The molecule has 1 N–H and O–H groups in total. The van der Waals surface area contributed by atoms with Gasteiger partial charge in [0.1, 0.15) is 0 Å². The van der Waals surface area contributed by atoms with Crippen molar-refractivity contribution < 1.29 is 14.3 Å². The zero-order chi connectivity index (χ0) is 18.5. The minimum Gasteiger partial charge on any atom is -0.465 e. The number of thioether (sulfide) groups is 1. The average molecular weight is 366 g/mol. The van der Waals surface area contributed by atoms with Crippen LogP contribution in [0.3, 0.4) is 0 Å². The Balaban J connectivity index is 1.61. The molecule has 0 aliphatic heterocycles. The molecule has 5 nitrogen and oxygen atoms in total. The van der Waals surface area contributed by atoms with Crippen molar-refractivity contribution in [3.8, 4) is 0 Å². The van der Waals surface area contributed by atoms with Crippen LogP contribution in [-0.4, -0.2) is 29.7 Å². The highest BCUT2D eigenvalue weighted by atomic mass is 32.2. The van der Waals surface area contributed by atoms with E-state index in [2.05, 4.69) is 15.0 Å². The Morgan fingerprint density at radius 2 is 1.85 bits per heavy atom. The third kappa shape index (κ3) is 4.21. The van der Waals surface area contributed by atoms with Crippen LogP contribution in [0.15, 0.2) is 59.6 Å². The second kappa shape index (κ2) is 8.01. The SMILES string of the molecule is COC(=O)c1ccc(NC(=O)CSc2cc(C)c3ccccc3n2)cc1. The number of anilines is 1. The number of para-hydroxylation sites is 1. The summed E-state index contributed by atoms with van der Waals surface area (Å²) in [7, 11) is 1.33. The van der Waals surface area contributed by atoms with Crippen LogP contribution >= 0.6 is 11.8 Å². The number of ether oxygens (including phenoxy) is 1. The number of benzene rings is 2. The Hall–Kier alpha value is -2.86. The predicted molar refractivity (Wildman–Crippen MR) is 104 cm³/mol. The molecule has 0 radical (unpaired) electrons.